The highest BCUT2D eigenvalue weighted by Gasteiger charge is 2.23. The Morgan fingerprint density at radius 1 is 1.00 bits per heavy atom. The first-order valence-electron chi connectivity index (χ1n) is 8.91. The molecular formula is C17H32N2O2. The smallest absolute Gasteiger partial charge is 0.234 e. The van der Waals surface area contributed by atoms with E-state index in [4.69, 9.17) is 0 Å². The van der Waals surface area contributed by atoms with Crippen molar-refractivity contribution in [1.82, 2.24) is 10.2 Å². The standard InChI is InChI=1S/C17H32N2O2/c20-12-11-19(16-9-5-2-6-10-16)14-17(21)18-13-15-7-3-1-4-8-15/h15-16,20H,1-14H2,(H,18,21). The predicted octanol–water partition coefficient (Wildman–Crippen LogP) is 2.31. The zero-order chi connectivity index (χ0) is 14.9. The molecule has 0 aromatic rings. The number of aliphatic hydroxyl groups is 1. The van der Waals surface area contributed by atoms with E-state index in [9.17, 15) is 9.90 Å². The van der Waals surface area contributed by atoms with Gasteiger partial charge in [0.15, 0.2) is 0 Å². The molecule has 0 heterocycles. The van der Waals surface area contributed by atoms with E-state index in [1.54, 1.807) is 0 Å². The first-order chi connectivity index (χ1) is 10.3. The van der Waals surface area contributed by atoms with Crippen LogP contribution in [-0.2, 0) is 4.79 Å². The number of hydrogen-bond donors (Lipinski definition) is 2. The fourth-order valence-electron chi connectivity index (χ4n) is 3.86. The molecule has 0 aliphatic heterocycles. The van der Waals surface area contributed by atoms with E-state index in [0.717, 1.165) is 6.54 Å². The van der Waals surface area contributed by atoms with E-state index in [-0.39, 0.29) is 12.5 Å². The second kappa shape index (κ2) is 9.42. The van der Waals surface area contributed by atoms with Crippen LogP contribution in [0.2, 0.25) is 0 Å². The van der Waals surface area contributed by atoms with Crippen molar-refractivity contribution in [1.29, 1.82) is 0 Å². The monoisotopic (exact) mass is 296 g/mol. The molecule has 2 N–H and O–H groups in total. The van der Waals surface area contributed by atoms with E-state index in [2.05, 4.69) is 10.2 Å². The highest BCUT2D eigenvalue weighted by molar-refractivity contribution is 5.78. The molecule has 2 rings (SSSR count). The first-order valence-corrected chi connectivity index (χ1v) is 8.91. The predicted molar refractivity (Wildman–Crippen MR) is 85.1 cm³/mol. The van der Waals surface area contributed by atoms with Gasteiger partial charge >= 0.3 is 0 Å². The van der Waals surface area contributed by atoms with Crippen LogP contribution in [0.3, 0.4) is 0 Å². The second-order valence-electron chi connectivity index (χ2n) is 6.79. The van der Waals surface area contributed by atoms with Crippen molar-refractivity contribution in [2.75, 3.05) is 26.2 Å². The minimum Gasteiger partial charge on any atom is -0.395 e. The van der Waals surface area contributed by atoms with Gasteiger partial charge in [0.05, 0.1) is 13.2 Å². The maximum Gasteiger partial charge on any atom is 0.234 e. The van der Waals surface area contributed by atoms with Crippen LogP contribution in [0.4, 0.5) is 0 Å². The fraction of sp³-hybridized carbons (Fsp3) is 0.941. The van der Waals surface area contributed by atoms with Gasteiger partial charge in [-0.05, 0) is 31.6 Å². The molecule has 0 aromatic carbocycles. The molecule has 21 heavy (non-hydrogen) atoms. The number of aliphatic hydroxyl groups excluding tert-OH is 1. The topological polar surface area (TPSA) is 52.6 Å². The molecule has 1 amide bonds. The summed E-state index contributed by atoms with van der Waals surface area (Å²) < 4.78 is 0. The summed E-state index contributed by atoms with van der Waals surface area (Å²) in [7, 11) is 0. The van der Waals surface area contributed by atoms with Gasteiger partial charge in [-0.1, -0.05) is 38.5 Å². The Kier molecular flexibility index (Phi) is 7.51. The summed E-state index contributed by atoms with van der Waals surface area (Å²) in [5, 5.41) is 12.4. The summed E-state index contributed by atoms with van der Waals surface area (Å²) in [6.45, 7) is 2.07. The first kappa shape index (κ1) is 16.8. The molecule has 4 nitrogen and oxygen atoms in total. The van der Waals surface area contributed by atoms with Crippen LogP contribution in [0, 0.1) is 5.92 Å². The summed E-state index contributed by atoms with van der Waals surface area (Å²) in [5.41, 5.74) is 0. The molecular weight excluding hydrogens is 264 g/mol. The average molecular weight is 296 g/mol. The van der Waals surface area contributed by atoms with E-state index >= 15 is 0 Å². The van der Waals surface area contributed by atoms with Crippen molar-refractivity contribution in [3.05, 3.63) is 0 Å². The Bertz CT molecular complexity index is 297. The largest absolute Gasteiger partial charge is 0.395 e. The lowest BCUT2D eigenvalue weighted by molar-refractivity contribution is -0.123. The molecule has 0 radical (unpaired) electrons. The molecule has 4 heteroatoms. The van der Waals surface area contributed by atoms with Crippen molar-refractivity contribution >= 4 is 5.91 Å². The second-order valence-corrected chi connectivity index (χ2v) is 6.79. The average Bonchev–Trinajstić information content (AvgIpc) is 2.54. The van der Waals surface area contributed by atoms with E-state index in [1.807, 2.05) is 0 Å². The summed E-state index contributed by atoms with van der Waals surface area (Å²) in [4.78, 5) is 14.4. The van der Waals surface area contributed by atoms with Crippen molar-refractivity contribution in [2.45, 2.75) is 70.3 Å². The van der Waals surface area contributed by atoms with Gasteiger partial charge in [-0.3, -0.25) is 9.69 Å². The molecule has 0 spiro atoms. The molecule has 122 valence electrons. The van der Waals surface area contributed by atoms with Crippen molar-refractivity contribution in [3.8, 4) is 0 Å². The minimum atomic E-state index is 0.139. The lowest BCUT2D eigenvalue weighted by atomic mass is 9.89. The highest BCUT2D eigenvalue weighted by Crippen LogP contribution is 2.23. The third kappa shape index (κ3) is 5.95. The zero-order valence-corrected chi connectivity index (χ0v) is 13.4. The van der Waals surface area contributed by atoms with Crippen LogP contribution in [-0.4, -0.2) is 48.2 Å². The van der Waals surface area contributed by atoms with Crippen molar-refractivity contribution < 1.29 is 9.90 Å². The number of rotatable bonds is 7. The quantitative estimate of drug-likeness (QED) is 0.758. The van der Waals surface area contributed by atoms with Gasteiger partial charge in [-0.15, -0.1) is 0 Å². The molecule has 0 aromatic heterocycles. The zero-order valence-electron chi connectivity index (χ0n) is 13.4. The molecule has 0 atom stereocenters. The molecule has 2 aliphatic carbocycles. The third-order valence-electron chi connectivity index (χ3n) is 5.14. The van der Waals surface area contributed by atoms with Gasteiger partial charge in [-0.25, -0.2) is 0 Å². The number of carbonyl (C=O) groups is 1. The van der Waals surface area contributed by atoms with Crippen LogP contribution < -0.4 is 5.32 Å². The fourth-order valence-corrected chi connectivity index (χ4v) is 3.86. The van der Waals surface area contributed by atoms with Gasteiger partial charge < -0.3 is 10.4 Å². The van der Waals surface area contributed by atoms with Crippen molar-refractivity contribution in [3.63, 3.8) is 0 Å². The summed E-state index contributed by atoms with van der Waals surface area (Å²) in [6, 6.07) is 0.492. The van der Waals surface area contributed by atoms with E-state index in [1.165, 1.54) is 64.2 Å². The Morgan fingerprint density at radius 3 is 2.24 bits per heavy atom. The Balaban J connectivity index is 1.71. The van der Waals surface area contributed by atoms with Gasteiger partial charge in [0.1, 0.15) is 0 Å². The number of amides is 1. The summed E-state index contributed by atoms with van der Waals surface area (Å²) in [5.74, 6) is 0.822. The number of carbonyl (C=O) groups excluding carboxylic acids is 1. The van der Waals surface area contributed by atoms with Crippen LogP contribution >= 0.6 is 0 Å². The van der Waals surface area contributed by atoms with Crippen LogP contribution in [0.1, 0.15) is 64.2 Å². The SMILES string of the molecule is O=C(CN(CCO)C1CCCCC1)NCC1CCCCC1. The van der Waals surface area contributed by atoms with E-state index in [0.29, 0.717) is 25.0 Å². The number of nitrogens with zero attached hydrogens (tertiary/aromatic N) is 1. The van der Waals surface area contributed by atoms with Crippen LogP contribution in [0.5, 0.6) is 0 Å². The molecule has 2 aliphatic rings. The lowest BCUT2D eigenvalue weighted by Gasteiger charge is -2.33. The van der Waals surface area contributed by atoms with Gasteiger partial charge in [-0.2, -0.15) is 0 Å². The maximum absolute atomic E-state index is 12.2. The Labute approximate surface area is 129 Å². The summed E-state index contributed by atoms with van der Waals surface area (Å²) >= 11 is 0. The lowest BCUT2D eigenvalue weighted by Crippen LogP contribution is -2.45. The summed E-state index contributed by atoms with van der Waals surface area (Å²) in [6.07, 6.45) is 12.7. The number of hydrogen-bond acceptors (Lipinski definition) is 3. The van der Waals surface area contributed by atoms with Crippen molar-refractivity contribution in [2.24, 2.45) is 5.92 Å². The molecule has 0 unspecified atom stereocenters. The minimum absolute atomic E-state index is 0.139. The Morgan fingerprint density at radius 2 is 1.62 bits per heavy atom. The molecule has 0 bridgehead atoms. The van der Waals surface area contributed by atoms with Crippen LogP contribution in [0.25, 0.3) is 0 Å². The van der Waals surface area contributed by atoms with Gasteiger partial charge in [0, 0.05) is 19.1 Å². The van der Waals surface area contributed by atoms with E-state index < -0.39 is 0 Å². The van der Waals surface area contributed by atoms with Gasteiger partial charge in [0.2, 0.25) is 5.91 Å². The molecule has 2 saturated carbocycles. The normalized spacial score (nSPS) is 21.6. The third-order valence-corrected chi connectivity index (χ3v) is 5.14. The Hall–Kier alpha value is -0.610. The maximum atomic E-state index is 12.2. The number of nitrogens with one attached hydrogen (secondary N) is 1. The molecule has 2 fully saturated rings. The highest BCUT2D eigenvalue weighted by atomic mass is 16.3. The molecule has 0 saturated heterocycles. The van der Waals surface area contributed by atoms with Gasteiger partial charge in [0.25, 0.3) is 0 Å². The van der Waals surface area contributed by atoms with Crippen LogP contribution in [0.15, 0.2) is 0 Å².